The molecule has 4 rings (SSSR count). The Labute approximate surface area is 286 Å². The number of nitrogens with one attached hydrogen (secondary N) is 1. The summed E-state index contributed by atoms with van der Waals surface area (Å²) in [6.07, 6.45) is 0.170. The first kappa shape index (κ1) is 35.6. The predicted octanol–water partition coefficient (Wildman–Crippen LogP) is 6.21. The Balaban J connectivity index is 1.86. The molecule has 0 aliphatic rings. The van der Waals surface area contributed by atoms with E-state index in [1.165, 1.54) is 44.4 Å². The van der Waals surface area contributed by atoms with Gasteiger partial charge in [-0.15, -0.1) is 0 Å². The second kappa shape index (κ2) is 15.6. The third-order valence-corrected chi connectivity index (χ3v) is 9.95. The number of ether oxygens (including phenoxy) is 2. The van der Waals surface area contributed by atoms with Crippen molar-refractivity contribution in [3.05, 3.63) is 117 Å². The lowest BCUT2D eigenvalue weighted by atomic mass is 10.0. The van der Waals surface area contributed by atoms with Gasteiger partial charge in [-0.3, -0.25) is 13.9 Å². The van der Waals surface area contributed by atoms with E-state index in [0.717, 1.165) is 21.0 Å². The summed E-state index contributed by atoms with van der Waals surface area (Å²) in [5, 5.41) is 3.37. The molecule has 0 saturated carbocycles. The van der Waals surface area contributed by atoms with E-state index in [1.807, 2.05) is 50.2 Å². The van der Waals surface area contributed by atoms with Gasteiger partial charge in [0.2, 0.25) is 11.8 Å². The van der Waals surface area contributed by atoms with Gasteiger partial charge < -0.3 is 19.7 Å². The van der Waals surface area contributed by atoms with Crippen molar-refractivity contribution in [1.29, 1.82) is 0 Å². The molecule has 248 valence electrons. The first-order chi connectivity index (χ1) is 22.4. The van der Waals surface area contributed by atoms with Gasteiger partial charge in [0.25, 0.3) is 10.0 Å². The Morgan fingerprint density at radius 1 is 0.851 bits per heavy atom. The van der Waals surface area contributed by atoms with Gasteiger partial charge in [-0.1, -0.05) is 65.7 Å². The lowest BCUT2D eigenvalue weighted by Gasteiger charge is -2.34. The molecule has 4 aromatic rings. The van der Waals surface area contributed by atoms with Crippen LogP contribution in [0.5, 0.6) is 11.5 Å². The van der Waals surface area contributed by atoms with Gasteiger partial charge in [0.15, 0.2) is 11.5 Å². The fourth-order valence-electron chi connectivity index (χ4n) is 5.28. The quantitative estimate of drug-likeness (QED) is 0.178. The summed E-state index contributed by atoms with van der Waals surface area (Å²) in [7, 11) is -0.0185. The van der Waals surface area contributed by atoms with Crippen LogP contribution < -0.4 is 19.1 Å². The third-order valence-electron chi connectivity index (χ3n) is 7.59. The number of anilines is 1. The van der Waals surface area contributed by atoms with Crippen molar-refractivity contribution in [1.82, 2.24) is 10.2 Å². The van der Waals surface area contributed by atoms with Gasteiger partial charge in [0.05, 0.1) is 24.8 Å². The highest BCUT2D eigenvalue weighted by Gasteiger charge is 2.35. The Morgan fingerprint density at radius 3 is 2.11 bits per heavy atom. The second-order valence-corrected chi connectivity index (χ2v) is 13.7. The van der Waals surface area contributed by atoms with E-state index in [9.17, 15) is 18.0 Å². The molecule has 4 aromatic carbocycles. The fourth-order valence-corrected chi connectivity index (χ4v) is 7.16. The summed E-state index contributed by atoms with van der Waals surface area (Å²) in [5.74, 6) is -0.487. The predicted molar refractivity (Wildman–Crippen MR) is 185 cm³/mol. The maximum atomic E-state index is 14.6. The number of hydrogen-bond acceptors (Lipinski definition) is 6. The van der Waals surface area contributed by atoms with Gasteiger partial charge in [0.1, 0.15) is 12.6 Å². The van der Waals surface area contributed by atoms with E-state index in [0.29, 0.717) is 21.4 Å². The lowest BCUT2D eigenvalue weighted by molar-refractivity contribution is -0.139. The molecule has 2 amide bonds. The lowest BCUT2D eigenvalue weighted by Crippen LogP contribution is -2.53. The normalized spacial score (nSPS) is 11.8. The van der Waals surface area contributed by atoms with Gasteiger partial charge in [0, 0.05) is 36.1 Å². The summed E-state index contributed by atoms with van der Waals surface area (Å²) in [5.41, 5.74) is 3.24. The molecule has 0 aromatic heterocycles. The Kier molecular flexibility index (Phi) is 11.8. The van der Waals surface area contributed by atoms with Gasteiger partial charge in [-0.25, -0.2) is 8.42 Å². The molecule has 0 aliphatic heterocycles. The Bertz CT molecular complexity index is 1830. The van der Waals surface area contributed by atoms with Crippen LogP contribution in [0.3, 0.4) is 0 Å². The zero-order valence-corrected chi connectivity index (χ0v) is 29.1. The molecule has 47 heavy (non-hydrogen) atoms. The molecule has 12 heteroatoms. The number of rotatable bonds is 13. The monoisotopic (exact) mass is 697 g/mol. The van der Waals surface area contributed by atoms with Crippen LogP contribution in [0.1, 0.15) is 22.3 Å². The smallest absolute Gasteiger partial charge is 0.264 e. The van der Waals surface area contributed by atoms with E-state index in [-0.39, 0.29) is 29.3 Å². The van der Waals surface area contributed by atoms with Gasteiger partial charge in [-0.2, -0.15) is 0 Å². The highest BCUT2D eigenvalue weighted by molar-refractivity contribution is 7.92. The summed E-state index contributed by atoms with van der Waals surface area (Å²) in [4.78, 5) is 29.3. The van der Waals surface area contributed by atoms with E-state index in [2.05, 4.69) is 5.32 Å². The number of sulfonamides is 1. The average Bonchev–Trinajstić information content (AvgIpc) is 3.05. The molecule has 0 saturated heterocycles. The molecule has 0 aliphatic carbocycles. The largest absolute Gasteiger partial charge is 0.493 e. The number of aryl methyl sites for hydroxylation is 2. The molecule has 1 atom stereocenters. The van der Waals surface area contributed by atoms with Crippen molar-refractivity contribution in [3.63, 3.8) is 0 Å². The van der Waals surface area contributed by atoms with Crippen LogP contribution in [0, 0.1) is 13.8 Å². The first-order valence-electron chi connectivity index (χ1n) is 14.7. The number of nitrogens with zero attached hydrogens (tertiary/aromatic N) is 2. The molecule has 1 N–H and O–H groups in total. The van der Waals surface area contributed by atoms with Crippen molar-refractivity contribution in [2.75, 3.05) is 32.1 Å². The zero-order valence-electron chi connectivity index (χ0n) is 26.8. The Morgan fingerprint density at radius 2 is 1.51 bits per heavy atom. The zero-order chi connectivity index (χ0) is 34.3. The number of amides is 2. The van der Waals surface area contributed by atoms with E-state index >= 15 is 0 Å². The summed E-state index contributed by atoms with van der Waals surface area (Å²) in [6.45, 7) is 2.98. The van der Waals surface area contributed by atoms with Crippen LogP contribution in [0.4, 0.5) is 5.69 Å². The van der Waals surface area contributed by atoms with Crippen molar-refractivity contribution >= 4 is 50.7 Å². The highest BCUT2D eigenvalue weighted by Crippen LogP contribution is 2.33. The number of likely N-dealkylation sites (N-methyl/N-ethyl adjacent to an activating group) is 1. The molecule has 0 bridgehead atoms. The van der Waals surface area contributed by atoms with Crippen molar-refractivity contribution in [3.8, 4) is 11.5 Å². The summed E-state index contributed by atoms with van der Waals surface area (Å²) < 4.78 is 40.6. The number of methoxy groups -OCH3 is 2. The van der Waals surface area contributed by atoms with Crippen LogP contribution in [0.25, 0.3) is 0 Å². The van der Waals surface area contributed by atoms with E-state index < -0.39 is 34.4 Å². The number of carbonyl (C=O) groups excluding carboxylic acids is 2. The second-order valence-electron chi connectivity index (χ2n) is 11.0. The molecule has 0 unspecified atom stereocenters. The molecular weight excluding hydrogens is 661 g/mol. The van der Waals surface area contributed by atoms with E-state index in [4.69, 9.17) is 32.7 Å². The fraction of sp³-hybridized carbons (Fsp3) is 0.257. The first-order valence-corrected chi connectivity index (χ1v) is 16.9. The van der Waals surface area contributed by atoms with Crippen molar-refractivity contribution < 1.29 is 27.5 Å². The van der Waals surface area contributed by atoms with Crippen LogP contribution >= 0.6 is 23.2 Å². The minimum atomic E-state index is -4.36. The average molecular weight is 699 g/mol. The summed E-state index contributed by atoms with van der Waals surface area (Å²) in [6, 6.07) is 22.6. The number of hydrogen-bond donors (Lipinski definition) is 1. The highest BCUT2D eigenvalue weighted by atomic mass is 35.5. The third kappa shape index (κ3) is 8.57. The minimum Gasteiger partial charge on any atom is -0.493 e. The minimum absolute atomic E-state index is 0.0865. The van der Waals surface area contributed by atoms with Crippen molar-refractivity contribution in [2.45, 2.75) is 37.8 Å². The molecular formula is C35H37Cl2N3O6S. The molecule has 0 spiro atoms. The maximum Gasteiger partial charge on any atom is 0.264 e. The van der Waals surface area contributed by atoms with Crippen LogP contribution in [0.2, 0.25) is 10.0 Å². The molecule has 0 radical (unpaired) electrons. The Hall–Kier alpha value is -4.25. The SMILES string of the molecule is CNC(=O)[C@H](Cc1ccccc1)N(Cc1ccc(Cl)cc1Cl)C(=O)CN(c1cc(C)cc(C)c1)S(=O)(=O)c1ccc(OC)c(OC)c1. The van der Waals surface area contributed by atoms with Crippen LogP contribution in [-0.4, -0.2) is 59.0 Å². The standard InChI is InChI=1S/C35H37Cl2N3O6S/c1-23-15-24(2)17-28(16-23)40(47(43,44)29-13-14-32(45-4)33(20-29)46-5)22-34(41)39(21-26-11-12-27(36)19-30(26)37)31(35(42)38-3)18-25-9-7-6-8-10-25/h6-17,19-20,31H,18,21-22H2,1-5H3,(H,38,42)/t31-/m0/s1. The topological polar surface area (TPSA) is 105 Å². The number of benzene rings is 4. The van der Waals surface area contributed by atoms with Gasteiger partial charge >= 0.3 is 0 Å². The van der Waals surface area contributed by atoms with Crippen LogP contribution in [0.15, 0.2) is 89.8 Å². The van der Waals surface area contributed by atoms with Gasteiger partial charge in [-0.05, 0) is 72.5 Å². The van der Waals surface area contributed by atoms with E-state index in [1.54, 1.807) is 30.3 Å². The summed E-state index contributed by atoms with van der Waals surface area (Å²) >= 11 is 12.7. The molecule has 0 heterocycles. The maximum absolute atomic E-state index is 14.6. The molecule has 9 nitrogen and oxygen atoms in total. The number of carbonyl (C=O) groups is 2. The number of halogens is 2. The molecule has 0 fully saturated rings. The van der Waals surface area contributed by atoms with Crippen LogP contribution in [-0.2, 0) is 32.6 Å². The van der Waals surface area contributed by atoms with Crippen molar-refractivity contribution in [2.24, 2.45) is 0 Å².